The summed E-state index contributed by atoms with van der Waals surface area (Å²) >= 11 is 0. The molecule has 0 atom stereocenters. The van der Waals surface area contributed by atoms with E-state index in [9.17, 15) is 0 Å². The van der Waals surface area contributed by atoms with Gasteiger partial charge in [-0.3, -0.25) is 11.8 Å². The summed E-state index contributed by atoms with van der Waals surface area (Å²) in [5.41, 5.74) is 10.2. The van der Waals surface area contributed by atoms with Crippen LogP contribution in [0, 0.1) is 24.7 Å². The zero-order valence-electron chi connectivity index (χ0n) is 43.4. The molecule has 0 radical (unpaired) electrons. The summed E-state index contributed by atoms with van der Waals surface area (Å²) in [7, 11) is 1.39. The van der Waals surface area contributed by atoms with Gasteiger partial charge in [0.1, 0.15) is 47.7 Å². The fourth-order valence-corrected chi connectivity index (χ4v) is 17.2. The molecular formula is C72H53Au2N3P2+2. The van der Waals surface area contributed by atoms with Crippen molar-refractivity contribution < 1.29 is 44.8 Å². The minimum Gasteiger partial charge on any atom is -0.366 e. The molecule has 0 aliphatic heterocycles. The fourth-order valence-electron chi connectivity index (χ4n) is 11.1. The summed E-state index contributed by atoms with van der Waals surface area (Å²) in [5, 5.41) is 16.0. The number of aryl methyl sites for hydroxylation is 2. The molecule has 7 heteroatoms. The molecule has 0 aliphatic carbocycles. The van der Waals surface area contributed by atoms with Crippen molar-refractivity contribution in [1.82, 2.24) is 13.7 Å². The standard InChI is InChI=1S/C42H31NP2.2C15H10N.2Au/c1-6-18-32(19-7-1)43-39-29-17-16-28-37(39)38-30-41(44(33-20-8-2-9-21-33)34-22-10-3-11-23-34)42(31-40(38)43)45(35-24-12-4-13-25-35)36-26-14-5-15-27-36;2*1-3-11-8-9-15-13(10-11)12-6-4-5-7-14(12)16(15)2;;/h1-31H;2*4-10H,2H3;;/q;2*-1;2*+1/p+2. The number of aromatic nitrogens is 3. The molecule has 0 aliphatic rings. The van der Waals surface area contributed by atoms with Crippen LogP contribution in [0.15, 0.2) is 273 Å². The number of hydrogen-bond acceptors (Lipinski definition) is 0. The van der Waals surface area contributed by atoms with Crippen LogP contribution in [0.1, 0.15) is 11.1 Å². The van der Waals surface area contributed by atoms with Gasteiger partial charge in [0, 0.05) is 69.5 Å². The van der Waals surface area contributed by atoms with Crippen molar-refractivity contribution in [2.45, 2.75) is 0 Å². The molecular weight excluding hydrogens is 1360 g/mol. The summed E-state index contributed by atoms with van der Waals surface area (Å²) in [6, 6.07) is 98.2. The van der Waals surface area contributed by atoms with E-state index in [1.165, 1.54) is 103 Å². The van der Waals surface area contributed by atoms with E-state index in [-0.39, 0.29) is 44.8 Å². The van der Waals surface area contributed by atoms with Crippen molar-refractivity contribution in [1.29, 1.82) is 0 Å². The van der Waals surface area contributed by atoms with Crippen LogP contribution in [0.5, 0.6) is 0 Å². The predicted octanol–water partition coefficient (Wildman–Crippen LogP) is 14.3. The average Bonchev–Trinajstić information content (AvgIpc) is 4.34. The topological polar surface area (TPSA) is 14.8 Å². The second-order valence-corrected chi connectivity index (χ2v) is 24.1. The molecule has 0 saturated heterocycles. The molecule has 386 valence electrons. The van der Waals surface area contributed by atoms with Gasteiger partial charge in [-0.05, 0) is 95.7 Å². The smallest absolute Gasteiger partial charge is 0.366 e. The summed E-state index contributed by atoms with van der Waals surface area (Å²) in [5.74, 6) is 4.87. The maximum Gasteiger partial charge on any atom is 1.00 e. The van der Waals surface area contributed by atoms with Gasteiger partial charge in [-0.15, -0.1) is 35.4 Å². The minimum absolute atomic E-state index is 0. The Hall–Kier alpha value is -7.72. The van der Waals surface area contributed by atoms with E-state index < -0.39 is 15.8 Å². The molecule has 0 bridgehead atoms. The van der Waals surface area contributed by atoms with Crippen molar-refractivity contribution in [3.63, 3.8) is 0 Å². The molecule has 14 rings (SSSR count). The molecule has 11 aromatic carbocycles. The van der Waals surface area contributed by atoms with Gasteiger partial charge < -0.3 is 26.5 Å². The average molecular weight is 1420 g/mol. The van der Waals surface area contributed by atoms with Gasteiger partial charge in [0.15, 0.2) is 0 Å². The third kappa shape index (κ3) is 10.7. The Kier molecular flexibility index (Phi) is 17.0. The van der Waals surface area contributed by atoms with Crippen molar-refractivity contribution in [3.8, 4) is 17.5 Å². The molecule has 0 N–H and O–H groups in total. The molecule has 3 nitrogen and oxygen atoms in total. The van der Waals surface area contributed by atoms with Gasteiger partial charge in [-0.1, -0.05) is 158 Å². The van der Waals surface area contributed by atoms with Crippen LogP contribution in [0.25, 0.3) is 71.1 Å². The Labute approximate surface area is 496 Å². The molecule has 79 heavy (non-hydrogen) atoms. The monoisotopic (exact) mass is 1420 g/mol. The first-order valence-corrected chi connectivity index (χ1v) is 28.9. The van der Waals surface area contributed by atoms with Crippen LogP contribution in [-0.4, -0.2) is 13.7 Å². The number of para-hydroxylation sites is 4. The van der Waals surface area contributed by atoms with Gasteiger partial charge in [0.25, 0.3) is 0 Å². The third-order valence-corrected chi connectivity index (χ3v) is 20.5. The summed E-state index contributed by atoms with van der Waals surface area (Å²) in [4.78, 5) is 0. The van der Waals surface area contributed by atoms with E-state index in [0.29, 0.717) is 0 Å². The van der Waals surface area contributed by atoms with Gasteiger partial charge in [0.05, 0.1) is 11.0 Å². The van der Waals surface area contributed by atoms with E-state index in [0.717, 1.165) is 11.1 Å². The first-order chi connectivity index (χ1) is 38.0. The SMILES string of the molecule is [Au+].[Au+].[C-]#Cc1ccc2c(c1)c1ccccc1n2C.[C-]#Cc1ccc2c(c1)c1ccccc1n2C.c1ccc(-n2c3ccccc3c3cc([PH+](c4ccccc4)c4ccccc4)c([PH+](c4ccccc4)c4ccccc4)cc32)cc1. The van der Waals surface area contributed by atoms with Crippen LogP contribution in [0.4, 0.5) is 0 Å². The fraction of sp³-hybridized carbons (Fsp3) is 0.0278. The van der Waals surface area contributed by atoms with Crippen molar-refractivity contribution >= 4 is 113 Å². The van der Waals surface area contributed by atoms with E-state index >= 15 is 0 Å². The third-order valence-electron chi connectivity index (χ3n) is 14.7. The molecule has 0 spiro atoms. The first kappa shape index (κ1) is 54.6. The molecule has 0 fully saturated rings. The van der Waals surface area contributed by atoms with E-state index in [4.69, 9.17) is 12.8 Å². The number of fused-ring (bicyclic) bond motifs is 9. The Morgan fingerprint density at radius 3 is 0.987 bits per heavy atom. The van der Waals surface area contributed by atoms with Crippen LogP contribution in [-0.2, 0) is 58.9 Å². The largest absolute Gasteiger partial charge is 1.00 e. The van der Waals surface area contributed by atoms with Crippen LogP contribution in [0.3, 0.4) is 0 Å². The normalized spacial score (nSPS) is 10.9. The zero-order chi connectivity index (χ0) is 52.2. The molecule has 3 heterocycles. The zero-order valence-corrected chi connectivity index (χ0v) is 49.8. The second-order valence-electron chi connectivity index (χ2n) is 19.2. The quantitative estimate of drug-likeness (QED) is 0.0654. The van der Waals surface area contributed by atoms with Gasteiger partial charge in [-0.25, -0.2) is 0 Å². The van der Waals surface area contributed by atoms with Crippen LogP contribution in [0.2, 0.25) is 0 Å². The van der Waals surface area contributed by atoms with E-state index in [1.807, 2.05) is 60.7 Å². The summed E-state index contributed by atoms with van der Waals surface area (Å²) in [6.07, 6.45) is 14.4. The number of hydrogen-bond donors (Lipinski definition) is 0. The van der Waals surface area contributed by atoms with E-state index in [1.54, 1.807) is 0 Å². The molecule has 14 aromatic rings. The van der Waals surface area contributed by atoms with Gasteiger partial charge in [0.2, 0.25) is 0 Å². The van der Waals surface area contributed by atoms with E-state index in [2.05, 4.69) is 252 Å². The summed E-state index contributed by atoms with van der Waals surface area (Å²) in [6.45, 7) is 0. The number of nitrogens with zero attached hydrogens (tertiary/aromatic N) is 3. The number of rotatable bonds is 7. The molecule has 0 saturated carbocycles. The van der Waals surface area contributed by atoms with Crippen LogP contribution < -0.4 is 31.8 Å². The van der Waals surface area contributed by atoms with Crippen molar-refractivity contribution in [3.05, 3.63) is 297 Å². The minimum atomic E-state index is -1.38. The first-order valence-electron chi connectivity index (χ1n) is 25.9. The Balaban J connectivity index is 0.000000168. The predicted molar refractivity (Wildman–Crippen MR) is 334 cm³/mol. The second kappa shape index (κ2) is 24.5. The summed E-state index contributed by atoms with van der Waals surface area (Å²) < 4.78 is 6.82. The Bertz CT molecular complexity index is 4290. The van der Waals surface area contributed by atoms with Crippen molar-refractivity contribution in [2.24, 2.45) is 14.1 Å². The Morgan fingerprint density at radius 1 is 0.291 bits per heavy atom. The maximum absolute atomic E-state index is 7.18. The maximum atomic E-state index is 7.18. The number of benzene rings is 11. The molecule has 3 aromatic heterocycles. The molecule has 0 amide bonds. The Morgan fingerprint density at radius 2 is 0.595 bits per heavy atom. The van der Waals surface area contributed by atoms with Gasteiger partial charge in [-0.2, -0.15) is 0 Å². The molecule has 0 unspecified atom stereocenters. The van der Waals surface area contributed by atoms with Crippen molar-refractivity contribution in [2.75, 3.05) is 0 Å². The van der Waals surface area contributed by atoms with Crippen LogP contribution >= 0.6 is 15.8 Å². The van der Waals surface area contributed by atoms with Gasteiger partial charge >= 0.3 is 44.8 Å².